The van der Waals surface area contributed by atoms with E-state index in [4.69, 9.17) is 16.4 Å². The van der Waals surface area contributed by atoms with Crippen LogP contribution in [0.1, 0.15) is 38.7 Å². The van der Waals surface area contributed by atoms with Crippen LogP contribution in [0.15, 0.2) is 41.6 Å². The maximum absolute atomic E-state index is 9.94. The van der Waals surface area contributed by atoms with E-state index in [2.05, 4.69) is 36.8 Å². The number of hydroxylamine groups is 1. The second-order valence-corrected chi connectivity index (χ2v) is 7.29. The summed E-state index contributed by atoms with van der Waals surface area (Å²) < 4.78 is 0. The summed E-state index contributed by atoms with van der Waals surface area (Å²) in [6, 6.07) is 7.80. The van der Waals surface area contributed by atoms with Crippen molar-refractivity contribution in [2.24, 2.45) is 5.92 Å². The van der Waals surface area contributed by atoms with Gasteiger partial charge in [-0.3, -0.25) is 10.3 Å². The molecule has 0 radical (unpaired) electrons. The Bertz CT molecular complexity index is 582. The summed E-state index contributed by atoms with van der Waals surface area (Å²) in [5.41, 5.74) is 6.33. The van der Waals surface area contributed by atoms with Crippen LogP contribution in [-0.2, 0) is 4.84 Å². The fourth-order valence-electron chi connectivity index (χ4n) is 2.64. The van der Waals surface area contributed by atoms with Crippen LogP contribution in [0.2, 0.25) is 5.02 Å². The maximum Gasteiger partial charge on any atom is 0.102 e. The lowest BCUT2D eigenvalue weighted by Crippen LogP contribution is -2.34. The lowest BCUT2D eigenvalue weighted by atomic mass is 9.97. The minimum atomic E-state index is -0.529. The molecule has 0 fully saturated rings. The first-order valence-electron chi connectivity index (χ1n) is 8.98. The van der Waals surface area contributed by atoms with Gasteiger partial charge in [-0.2, -0.15) is 0 Å². The molecule has 0 spiro atoms. The van der Waals surface area contributed by atoms with Crippen LogP contribution in [0.3, 0.4) is 0 Å². The zero-order valence-electron chi connectivity index (χ0n) is 15.1. The Labute approximate surface area is 155 Å². The largest absolute Gasteiger partial charge is 0.389 e. The van der Waals surface area contributed by atoms with E-state index >= 15 is 0 Å². The molecule has 1 aromatic rings. The third-order valence-corrected chi connectivity index (χ3v) is 4.20. The van der Waals surface area contributed by atoms with Crippen molar-refractivity contribution in [2.45, 2.75) is 39.2 Å². The van der Waals surface area contributed by atoms with E-state index in [0.717, 1.165) is 42.1 Å². The summed E-state index contributed by atoms with van der Waals surface area (Å²) >= 11 is 5.94. The van der Waals surface area contributed by atoms with Gasteiger partial charge in [0.25, 0.3) is 0 Å². The Morgan fingerprint density at radius 3 is 2.72 bits per heavy atom. The Morgan fingerprint density at radius 2 is 2.00 bits per heavy atom. The quantitative estimate of drug-likeness (QED) is 0.581. The first kappa shape index (κ1) is 20.0. The molecule has 3 N–H and O–H groups in total. The molecule has 5 heteroatoms. The predicted octanol–water partition coefficient (Wildman–Crippen LogP) is 3.92. The summed E-state index contributed by atoms with van der Waals surface area (Å²) in [6.45, 7) is 5.95. The number of nitrogens with one attached hydrogen (secondary N) is 2. The monoisotopic (exact) mass is 364 g/mol. The standard InChI is InChI=1S/C20H29ClN2O2/c1-15(2)12-22-13-19(24)14-25-23-20-6-4-3-5-17(20)11-16-7-9-18(21)10-8-16/h6-11,15,19,22-24H,3-5,12-14H2,1-2H3/t19-/m0/s1. The number of aliphatic hydroxyl groups is 1. The first-order chi connectivity index (χ1) is 12.0. The smallest absolute Gasteiger partial charge is 0.102 e. The molecule has 0 unspecified atom stereocenters. The Kier molecular flexibility index (Phi) is 8.49. The molecule has 25 heavy (non-hydrogen) atoms. The van der Waals surface area contributed by atoms with Gasteiger partial charge in [0.1, 0.15) is 6.61 Å². The molecule has 1 aliphatic rings. The predicted molar refractivity (Wildman–Crippen MR) is 104 cm³/mol. The van der Waals surface area contributed by atoms with E-state index in [1.54, 1.807) is 0 Å². The van der Waals surface area contributed by atoms with Gasteiger partial charge in [-0.05, 0) is 61.1 Å². The zero-order valence-corrected chi connectivity index (χ0v) is 15.9. The summed E-state index contributed by atoms with van der Waals surface area (Å²) in [6.07, 6.45) is 6.93. The highest BCUT2D eigenvalue weighted by molar-refractivity contribution is 6.30. The highest BCUT2D eigenvalue weighted by Crippen LogP contribution is 2.25. The molecule has 0 saturated heterocycles. The van der Waals surface area contributed by atoms with Crippen molar-refractivity contribution in [2.75, 3.05) is 19.7 Å². The molecular formula is C20H29ClN2O2. The van der Waals surface area contributed by atoms with Gasteiger partial charge >= 0.3 is 0 Å². The number of hydrogen-bond donors (Lipinski definition) is 3. The normalized spacial score (nSPS) is 17.6. The van der Waals surface area contributed by atoms with E-state index in [0.29, 0.717) is 12.5 Å². The van der Waals surface area contributed by atoms with Crippen LogP contribution >= 0.6 is 11.6 Å². The molecule has 1 atom stereocenters. The Morgan fingerprint density at radius 1 is 1.24 bits per heavy atom. The molecule has 138 valence electrons. The van der Waals surface area contributed by atoms with Crippen LogP contribution in [0.25, 0.3) is 6.08 Å². The molecule has 0 bridgehead atoms. The van der Waals surface area contributed by atoms with Crippen molar-refractivity contribution in [3.05, 3.63) is 52.2 Å². The topological polar surface area (TPSA) is 53.5 Å². The Balaban J connectivity index is 1.82. The lowest BCUT2D eigenvalue weighted by Gasteiger charge is -2.20. The minimum absolute atomic E-state index is 0.247. The van der Waals surface area contributed by atoms with Crippen LogP contribution in [0.5, 0.6) is 0 Å². The van der Waals surface area contributed by atoms with Gasteiger partial charge in [0, 0.05) is 11.6 Å². The molecule has 0 heterocycles. The van der Waals surface area contributed by atoms with Gasteiger partial charge in [0.05, 0.1) is 11.8 Å². The SMILES string of the molecule is CC(C)CNC[C@H](O)CONC1=CCCCC1=Cc1ccc(Cl)cc1. The van der Waals surface area contributed by atoms with Crippen LogP contribution < -0.4 is 10.8 Å². The number of rotatable bonds is 9. The molecule has 0 aliphatic heterocycles. The minimum Gasteiger partial charge on any atom is -0.389 e. The highest BCUT2D eigenvalue weighted by Gasteiger charge is 2.12. The van der Waals surface area contributed by atoms with Gasteiger partial charge in [-0.25, -0.2) is 0 Å². The number of benzene rings is 1. The highest BCUT2D eigenvalue weighted by atomic mass is 35.5. The maximum atomic E-state index is 9.94. The average molecular weight is 365 g/mol. The number of allylic oxidation sites excluding steroid dienone is 2. The van der Waals surface area contributed by atoms with Crippen molar-refractivity contribution in [3.8, 4) is 0 Å². The zero-order chi connectivity index (χ0) is 18.1. The number of aliphatic hydroxyl groups excluding tert-OH is 1. The van der Waals surface area contributed by atoms with Gasteiger partial charge in [0.2, 0.25) is 0 Å². The van der Waals surface area contributed by atoms with Crippen molar-refractivity contribution in [3.63, 3.8) is 0 Å². The lowest BCUT2D eigenvalue weighted by molar-refractivity contribution is -0.00469. The Hall–Kier alpha value is -1.33. The molecule has 1 aromatic carbocycles. The third kappa shape index (κ3) is 7.61. The fourth-order valence-corrected chi connectivity index (χ4v) is 2.76. The molecule has 1 aliphatic carbocycles. The van der Waals surface area contributed by atoms with Crippen LogP contribution in [-0.4, -0.2) is 30.9 Å². The first-order valence-corrected chi connectivity index (χ1v) is 9.35. The van der Waals surface area contributed by atoms with Crippen LogP contribution in [0.4, 0.5) is 0 Å². The molecule has 2 rings (SSSR count). The molecule has 0 amide bonds. The third-order valence-electron chi connectivity index (χ3n) is 3.95. The van der Waals surface area contributed by atoms with Crippen LogP contribution in [0, 0.1) is 5.92 Å². The van der Waals surface area contributed by atoms with Crippen molar-refractivity contribution < 1.29 is 9.94 Å². The second kappa shape index (κ2) is 10.6. The van der Waals surface area contributed by atoms with Crippen molar-refractivity contribution in [1.82, 2.24) is 10.8 Å². The van der Waals surface area contributed by atoms with Crippen molar-refractivity contribution in [1.29, 1.82) is 0 Å². The summed E-state index contributed by atoms with van der Waals surface area (Å²) in [5.74, 6) is 0.569. The average Bonchev–Trinajstić information content (AvgIpc) is 2.58. The molecular weight excluding hydrogens is 336 g/mol. The van der Waals surface area contributed by atoms with Gasteiger partial charge in [-0.15, -0.1) is 0 Å². The molecule has 0 aromatic heterocycles. The van der Waals surface area contributed by atoms with Crippen molar-refractivity contribution >= 4 is 17.7 Å². The van der Waals surface area contributed by atoms with E-state index in [-0.39, 0.29) is 6.61 Å². The van der Waals surface area contributed by atoms with Gasteiger partial charge in [0.15, 0.2) is 0 Å². The van der Waals surface area contributed by atoms with E-state index in [9.17, 15) is 5.11 Å². The summed E-state index contributed by atoms with van der Waals surface area (Å²) in [4.78, 5) is 5.51. The molecule has 4 nitrogen and oxygen atoms in total. The summed E-state index contributed by atoms with van der Waals surface area (Å²) in [5, 5.41) is 13.9. The fraction of sp³-hybridized carbons (Fsp3) is 0.500. The van der Waals surface area contributed by atoms with Gasteiger partial charge in [-0.1, -0.05) is 43.7 Å². The molecule has 0 saturated carbocycles. The number of hydrogen-bond acceptors (Lipinski definition) is 4. The second-order valence-electron chi connectivity index (χ2n) is 6.85. The van der Waals surface area contributed by atoms with E-state index in [1.807, 2.05) is 24.3 Å². The van der Waals surface area contributed by atoms with Gasteiger partial charge < -0.3 is 10.4 Å². The van der Waals surface area contributed by atoms with E-state index in [1.165, 1.54) is 5.57 Å². The summed E-state index contributed by atoms with van der Waals surface area (Å²) in [7, 11) is 0. The van der Waals surface area contributed by atoms with E-state index < -0.39 is 6.10 Å². The number of halogens is 1.